The maximum Gasteiger partial charge on any atom is 0.243 e. The molecule has 9 heteroatoms. The maximum atomic E-state index is 13.1. The number of amides is 1. The zero-order chi connectivity index (χ0) is 21.0. The predicted molar refractivity (Wildman–Crippen MR) is 111 cm³/mol. The lowest BCUT2D eigenvalue weighted by molar-refractivity contribution is -0.120. The number of rotatable bonds is 6. The van der Waals surface area contributed by atoms with Crippen LogP contribution >= 0.6 is 11.6 Å². The van der Waals surface area contributed by atoms with Gasteiger partial charge >= 0.3 is 0 Å². The summed E-state index contributed by atoms with van der Waals surface area (Å²) in [4.78, 5) is 13.1. The molecule has 1 fully saturated rings. The SMILES string of the molecule is COc1ccc(NC(=O)[C@H]2CCCCN2S(=O)(=O)c2ccc(Cl)cc2)c(OC)c1. The Balaban J connectivity index is 1.86. The van der Waals surface area contributed by atoms with Crippen LogP contribution in [0.1, 0.15) is 19.3 Å². The van der Waals surface area contributed by atoms with Crippen LogP contribution in [0, 0.1) is 0 Å². The Kier molecular flexibility index (Phi) is 6.66. The van der Waals surface area contributed by atoms with Crippen molar-refractivity contribution in [2.24, 2.45) is 0 Å². The van der Waals surface area contributed by atoms with E-state index in [-0.39, 0.29) is 11.4 Å². The number of ether oxygens (including phenoxy) is 2. The van der Waals surface area contributed by atoms with Gasteiger partial charge in [-0.1, -0.05) is 18.0 Å². The van der Waals surface area contributed by atoms with Crippen LogP contribution in [0.25, 0.3) is 0 Å². The Morgan fingerprint density at radius 3 is 2.48 bits per heavy atom. The van der Waals surface area contributed by atoms with Crippen LogP contribution < -0.4 is 14.8 Å². The molecule has 1 N–H and O–H groups in total. The Morgan fingerprint density at radius 1 is 1.10 bits per heavy atom. The van der Waals surface area contributed by atoms with E-state index in [1.807, 2.05) is 0 Å². The number of sulfonamides is 1. The number of hydrogen-bond donors (Lipinski definition) is 1. The van der Waals surface area contributed by atoms with Gasteiger partial charge < -0.3 is 14.8 Å². The van der Waals surface area contributed by atoms with Crippen molar-refractivity contribution in [3.05, 3.63) is 47.5 Å². The van der Waals surface area contributed by atoms with Crippen molar-refractivity contribution >= 4 is 33.2 Å². The summed E-state index contributed by atoms with van der Waals surface area (Å²) >= 11 is 5.87. The van der Waals surface area contributed by atoms with Crippen molar-refractivity contribution in [1.29, 1.82) is 0 Å². The molecule has 1 aliphatic rings. The van der Waals surface area contributed by atoms with Crippen LogP contribution in [-0.4, -0.2) is 45.4 Å². The number of piperidine rings is 1. The molecule has 0 spiro atoms. The first-order valence-corrected chi connectivity index (χ1v) is 11.0. The van der Waals surface area contributed by atoms with Crippen molar-refractivity contribution in [3.8, 4) is 11.5 Å². The highest BCUT2D eigenvalue weighted by atomic mass is 35.5. The first kappa shape index (κ1) is 21.4. The second-order valence-corrected chi connectivity index (χ2v) is 8.96. The fourth-order valence-electron chi connectivity index (χ4n) is 3.31. The Morgan fingerprint density at radius 2 is 1.83 bits per heavy atom. The van der Waals surface area contributed by atoms with E-state index in [2.05, 4.69) is 5.32 Å². The van der Waals surface area contributed by atoms with Gasteiger partial charge in [0.1, 0.15) is 17.5 Å². The maximum absolute atomic E-state index is 13.1. The van der Waals surface area contributed by atoms with Gasteiger partial charge in [-0.2, -0.15) is 4.31 Å². The number of halogens is 1. The molecule has 1 saturated heterocycles. The fraction of sp³-hybridized carbons (Fsp3) is 0.350. The molecule has 2 aromatic carbocycles. The lowest BCUT2D eigenvalue weighted by Crippen LogP contribution is -2.49. The van der Waals surface area contributed by atoms with E-state index in [1.54, 1.807) is 18.2 Å². The largest absolute Gasteiger partial charge is 0.497 e. The first-order valence-electron chi connectivity index (χ1n) is 9.17. The zero-order valence-corrected chi connectivity index (χ0v) is 17.8. The van der Waals surface area contributed by atoms with Gasteiger partial charge in [-0.3, -0.25) is 4.79 Å². The first-order chi connectivity index (χ1) is 13.9. The minimum absolute atomic E-state index is 0.114. The number of carbonyl (C=O) groups excluding carboxylic acids is 1. The van der Waals surface area contributed by atoms with Gasteiger partial charge in [-0.15, -0.1) is 0 Å². The third-order valence-corrected chi connectivity index (χ3v) is 7.02. The Labute approximate surface area is 175 Å². The van der Waals surface area contributed by atoms with Gasteiger partial charge in [0.2, 0.25) is 15.9 Å². The summed E-state index contributed by atoms with van der Waals surface area (Å²) in [5.74, 6) is 0.621. The van der Waals surface area contributed by atoms with Gasteiger partial charge in [0.25, 0.3) is 0 Å². The van der Waals surface area contributed by atoms with Crippen LogP contribution in [0.2, 0.25) is 5.02 Å². The highest BCUT2D eigenvalue weighted by Gasteiger charge is 2.37. The molecule has 0 aromatic heterocycles. The molecule has 0 unspecified atom stereocenters. The molecule has 1 amide bonds. The lowest BCUT2D eigenvalue weighted by Gasteiger charge is -2.33. The standard InChI is InChI=1S/C20H23ClN2O5S/c1-27-15-8-11-17(19(13-15)28-2)22-20(24)18-5-3-4-12-23(18)29(25,26)16-9-6-14(21)7-10-16/h6-11,13,18H,3-5,12H2,1-2H3,(H,22,24)/t18-/m1/s1. The quantitative estimate of drug-likeness (QED) is 0.745. The van der Waals surface area contributed by atoms with Crippen molar-refractivity contribution in [2.45, 2.75) is 30.2 Å². The second-order valence-electron chi connectivity index (χ2n) is 6.64. The minimum Gasteiger partial charge on any atom is -0.497 e. The molecule has 156 valence electrons. The van der Waals surface area contributed by atoms with E-state index < -0.39 is 22.0 Å². The highest BCUT2D eigenvalue weighted by molar-refractivity contribution is 7.89. The molecular weight excluding hydrogens is 416 g/mol. The lowest BCUT2D eigenvalue weighted by atomic mass is 10.0. The number of anilines is 1. The topological polar surface area (TPSA) is 84.9 Å². The third-order valence-electron chi connectivity index (χ3n) is 4.84. The minimum atomic E-state index is -3.83. The molecule has 0 saturated carbocycles. The van der Waals surface area contributed by atoms with E-state index in [0.29, 0.717) is 35.1 Å². The average molecular weight is 439 g/mol. The molecule has 7 nitrogen and oxygen atoms in total. The van der Waals surface area contributed by atoms with Crippen molar-refractivity contribution in [2.75, 3.05) is 26.1 Å². The van der Waals surface area contributed by atoms with E-state index in [0.717, 1.165) is 6.42 Å². The third kappa shape index (κ3) is 4.66. The Bertz CT molecular complexity index is 979. The smallest absolute Gasteiger partial charge is 0.243 e. The molecule has 2 aromatic rings. The van der Waals surface area contributed by atoms with Crippen LogP contribution in [0.5, 0.6) is 11.5 Å². The molecule has 1 heterocycles. The molecule has 0 aliphatic carbocycles. The summed E-state index contributed by atoms with van der Waals surface area (Å²) in [5, 5.41) is 3.25. The number of hydrogen-bond acceptors (Lipinski definition) is 5. The van der Waals surface area contributed by atoms with Gasteiger partial charge in [0.05, 0.1) is 24.8 Å². The van der Waals surface area contributed by atoms with Crippen LogP contribution in [0.3, 0.4) is 0 Å². The normalized spacial score (nSPS) is 17.6. The van der Waals surface area contributed by atoms with Crippen LogP contribution in [-0.2, 0) is 14.8 Å². The summed E-state index contributed by atoms with van der Waals surface area (Å²) < 4.78 is 38.0. The van der Waals surface area contributed by atoms with E-state index >= 15 is 0 Å². The van der Waals surface area contributed by atoms with Crippen molar-refractivity contribution in [3.63, 3.8) is 0 Å². The molecule has 29 heavy (non-hydrogen) atoms. The Hall–Kier alpha value is -2.29. The molecule has 1 atom stereocenters. The van der Waals surface area contributed by atoms with Gasteiger partial charge in [0.15, 0.2) is 0 Å². The molecular formula is C20H23ClN2O5S. The van der Waals surface area contributed by atoms with Gasteiger partial charge in [-0.25, -0.2) is 8.42 Å². The van der Waals surface area contributed by atoms with E-state index in [1.165, 1.54) is 42.8 Å². The zero-order valence-electron chi connectivity index (χ0n) is 16.2. The summed E-state index contributed by atoms with van der Waals surface area (Å²) in [5.41, 5.74) is 0.452. The van der Waals surface area contributed by atoms with E-state index in [9.17, 15) is 13.2 Å². The van der Waals surface area contributed by atoms with Crippen molar-refractivity contribution in [1.82, 2.24) is 4.31 Å². The summed E-state index contributed by atoms with van der Waals surface area (Å²) in [6.07, 6.45) is 1.91. The number of benzene rings is 2. The van der Waals surface area contributed by atoms with Crippen molar-refractivity contribution < 1.29 is 22.7 Å². The highest BCUT2D eigenvalue weighted by Crippen LogP contribution is 2.31. The molecule has 0 bridgehead atoms. The van der Waals surface area contributed by atoms with Gasteiger partial charge in [0, 0.05) is 17.6 Å². The summed E-state index contributed by atoms with van der Waals surface area (Å²) in [7, 11) is -0.804. The number of nitrogens with zero attached hydrogens (tertiary/aromatic N) is 1. The monoisotopic (exact) mass is 438 g/mol. The average Bonchev–Trinajstić information content (AvgIpc) is 2.74. The summed E-state index contributed by atoms with van der Waals surface area (Å²) in [6.45, 7) is 0.281. The summed E-state index contributed by atoms with van der Waals surface area (Å²) in [6, 6.07) is 10.2. The van der Waals surface area contributed by atoms with Gasteiger partial charge in [-0.05, 0) is 49.2 Å². The molecule has 0 radical (unpaired) electrons. The van der Waals surface area contributed by atoms with Crippen LogP contribution in [0.4, 0.5) is 5.69 Å². The van der Waals surface area contributed by atoms with Crippen LogP contribution in [0.15, 0.2) is 47.4 Å². The number of carbonyl (C=O) groups is 1. The second kappa shape index (κ2) is 9.02. The predicted octanol–water partition coefficient (Wildman–Crippen LogP) is 3.54. The number of methoxy groups -OCH3 is 2. The molecule has 1 aliphatic heterocycles. The number of nitrogens with one attached hydrogen (secondary N) is 1. The van der Waals surface area contributed by atoms with E-state index in [4.69, 9.17) is 21.1 Å². The fourth-order valence-corrected chi connectivity index (χ4v) is 5.10. The molecule has 3 rings (SSSR count).